The van der Waals surface area contributed by atoms with E-state index in [1.807, 2.05) is 0 Å². The fourth-order valence-corrected chi connectivity index (χ4v) is 1.20. The van der Waals surface area contributed by atoms with E-state index in [1.165, 1.54) is 18.3 Å². The van der Waals surface area contributed by atoms with Gasteiger partial charge in [-0.15, -0.1) is 0 Å². The van der Waals surface area contributed by atoms with Gasteiger partial charge in [-0.25, -0.2) is 9.38 Å². The van der Waals surface area contributed by atoms with Crippen LogP contribution in [0.3, 0.4) is 0 Å². The lowest BCUT2D eigenvalue weighted by atomic mass is 10.0. The fraction of sp³-hybridized carbons (Fsp3) is 0.111. The van der Waals surface area contributed by atoms with Crippen LogP contribution in [0.4, 0.5) is 4.39 Å². The lowest BCUT2D eigenvalue weighted by Crippen LogP contribution is -2.08. The molecule has 0 N–H and O–H groups in total. The lowest BCUT2D eigenvalue weighted by molar-refractivity contribution is -0.117. The van der Waals surface area contributed by atoms with Gasteiger partial charge in [0.15, 0.2) is 0 Å². The van der Waals surface area contributed by atoms with Gasteiger partial charge in [-0.05, 0) is 23.3 Å². The van der Waals surface area contributed by atoms with Crippen molar-refractivity contribution in [2.45, 2.75) is 6.42 Å². The SMILES string of the molecule is O=C1Cc2cc(F)ccc2C=N1. The van der Waals surface area contributed by atoms with Crippen LogP contribution in [0, 0.1) is 5.82 Å². The number of hydrogen-bond donors (Lipinski definition) is 0. The molecular formula is C9H6FNO. The Kier molecular flexibility index (Phi) is 1.50. The van der Waals surface area contributed by atoms with Gasteiger partial charge in [-0.1, -0.05) is 6.07 Å². The molecule has 0 saturated carbocycles. The molecule has 1 aliphatic heterocycles. The van der Waals surface area contributed by atoms with E-state index >= 15 is 0 Å². The first-order valence-corrected chi connectivity index (χ1v) is 3.61. The molecule has 1 aromatic rings. The maximum absolute atomic E-state index is 12.7. The third-order valence-corrected chi connectivity index (χ3v) is 1.79. The van der Waals surface area contributed by atoms with E-state index in [4.69, 9.17) is 0 Å². The van der Waals surface area contributed by atoms with E-state index < -0.39 is 0 Å². The molecule has 1 aliphatic rings. The Hall–Kier alpha value is -1.51. The summed E-state index contributed by atoms with van der Waals surface area (Å²) in [7, 11) is 0. The predicted octanol–water partition coefficient (Wildman–Crippen LogP) is 1.33. The summed E-state index contributed by atoms with van der Waals surface area (Å²) >= 11 is 0. The quantitative estimate of drug-likeness (QED) is 0.567. The number of carbonyl (C=O) groups is 1. The number of hydrogen-bond acceptors (Lipinski definition) is 1. The molecule has 0 radical (unpaired) electrons. The molecule has 0 aliphatic carbocycles. The highest BCUT2D eigenvalue weighted by Crippen LogP contribution is 2.13. The van der Waals surface area contributed by atoms with Gasteiger partial charge in [-0.2, -0.15) is 0 Å². The Balaban J connectivity index is 2.54. The average molecular weight is 163 g/mol. The highest BCUT2D eigenvalue weighted by atomic mass is 19.1. The van der Waals surface area contributed by atoms with Gasteiger partial charge >= 0.3 is 0 Å². The molecule has 1 amide bonds. The van der Waals surface area contributed by atoms with E-state index in [0.717, 1.165) is 11.1 Å². The van der Waals surface area contributed by atoms with Crippen LogP contribution in [0.25, 0.3) is 0 Å². The molecule has 0 unspecified atom stereocenters. The number of nitrogens with zero attached hydrogens (tertiary/aromatic N) is 1. The second-order valence-corrected chi connectivity index (χ2v) is 2.67. The monoisotopic (exact) mass is 163 g/mol. The van der Waals surface area contributed by atoms with Crippen molar-refractivity contribution in [1.82, 2.24) is 0 Å². The van der Waals surface area contributed by atoms with E-state index in [-0.39, 0.29) is 18.1 Å². The molecule has 2 rings (SSSR count). The molecule has 3 heteroatoms. The Bertz CT molecular complexity index is 371. The molecular weight excluding hydrogens is 157 g/mol. The lowest BCUT2D eigenvalue weighted by Gasteiger charge is -2.07. The van der Waals surface area contributed by atoms with Crippen LogP contribution in [0.5, 0.6) is 0 Å². The smallest absolute Gasteiger partial charge is 0.250 e. The molecule has 0 saturated heterocycles. The third-order valence-electron chi connectivity index (χ3n) is 1.79. The van der Waals surface area contributed by atoms with E-state index in [2.05, 4.69) is 4.99 Å². The molecule has 0 bridgehead atoms. The van der Waals surface area contributed by atoms with Gasteiger partial charge in [0.2, 0.25) is 5.91 Å². The van der Waals surface area contributed by atoms with E-state index in [1.54, 1.807) is 6.07 Å². The number of halogens is 1. The molecule has 0 atom stereocenters. The summed E-state index contributed by atoms with van der Waals surface area (Å²) in [5.74, 6) is -0.523. The van der Waals surface area contributed by atoms with Crippen LogP contribution in [0.15, 0.2) is 23.2 Å². The van der Waals surface area contributed by atoms with Crippen molar-refractivity contribution in [3.63, 3.8) is 0 Å². The van der Waals surface area contributed by atoms with E-state index in [0.29, 0.717) is 0 Å². The van der Waals surface area contributed by atoms with Gasteiger partial charge in [0, 0.05) is 6.21 Å². The number of amides is 1. The zero-order valence-corrected chi connectivity index (χ0v) is 6.25. The van der Waals surface area contributed by atoms with E-state index in [9.17, 15) is 9.18 Å². The molecule has 0 spiro atoms. The molecule has 12 heavy (non-hydrogen) atoms. The number of fused-ring (bicyclic) bond motifs is 1. The number of benzene rings is 1. The first-order chi connectivity index (χ1) is 5.75. The summed E-state index contributed by atoms with van der Waals surface area (Å²) in [4.78, 5) is 14.4. The van der Waals surface area contributed by atoms with Crippen LogP contribution in [-0.2, 0) is 11.2 Å². The zero-order valence-electron chi connectivity index (χ0n) is 6.25. The van der Waals surface area contributed by atoms with Crippen molar-refractivity contribution in [3.8, 4) is 0 Å². The van der Waals surface area contributed by atoms with Crippen LogP contribution in [0.1, 0.15) is 11.1 Å². The summed E-state index contributed by atoms with van der Waals surface area (Å²) < 4.78 is 12.7. The summed E-state index contributed by atoms with van der Waals surface area (Å²) in [6.45, 7) is 0. The normalized spacial score (nSPS) is 14.6. The highest BCUT2D eigenvalue weighted by Gasteiger charge is 2.11. The Labute approximate surface area is 68.7 Å². The average Bonchev–Trinajstić information content (AvgIpc) is 2.03. The van der Waals surface area contributed by atoms with Gasteiger partial charge in [-0.3, -0.25) is 4.79 Å². The summed E-state index contributed by atoms with van der Waals surface area (Å²) in [6, 6.07) is 4.36. The minimum atomic E-state index is -0.308. The Morgan fingerprint density at radius 3 is 3.08 bits per heavy atom. The van der Waals surface area contributed by atoms with Crippen molar-refractivity contribution < 1.29 is 9.18 Å². The van der Waals surface area contributed by atoms with Crippen LogP contribution >= 0.6 is 0 Å². The fourth-order valence-electron chi connectivity index (χ4n) is 1.20. The standard InChI is InChI=1S/C9H6FNO/c10-8-2-1-6-5-11-9(12)4-7(6)3-8/h1-3,5H,4H2. The topological polar surface area (TPSA) is 29.4 Å². The summed E-state index contributed by atoms with van der Waals surface area (Å²) in [5.41, 5.74) is 1.55. The largest absolute Gasteiger partial charge is 0.272 e. The van der Waals surface area contributed by atoms with Crippen LogP contribution in [-0.4, -0.2) is 12.1 Å². The third kappa shape index (κ3) is 1.13. The number of rotatable bonds is 0. The minimum absolute atomic E-state index is 0.212. The van der Waals surface area contributed by atoms with Gasteiger partial charge in [0.25, 0.3) is 0 Å². The maximum Gasteiger partial charge on any atom is 0.250 e. The first kappa shape index (κ1) is 7.16. The molecule has 0 aromatic heterocycles. The van der Waals surface area contributed by atoms with Crippen molar-refractivity contribution in [3.05, 3.63) is 35.1 Å². The maximum atomic E-state index is 12.7. The van der Waals surface area contributed by atoms with Crippen molar-refractivity contribution in [2.75, 3.05) is 0 Å². The van der Waals surface area contributed by atoms with Crippen molar-refractivity contribution in [1.29, 1.82) is 0 Å². The molecule has 2 nitrogen and oxygen atoms in total. The summed E-state index contributed by atoms with van der Waals surface area (Å²) in [5, 5.41) is 0. The minimum Gasteiger partial charge on any atom is -0.272 e. The number of aliphatic imine (C=N–C) groups is 1. The molecule has 0 fully saturated rings. The van der Waals surface area contributed by atoms with Gasteiger partial charge in [0.05, 0.1) is 6.42 Å². The van der Waals surface area contributed by atoms with Crippen LogP contribution in [0.2, 0.25) is 0 Å². The first-order valence-electron chi connectivity index (χ1n) is 3.61. The Morgan fingerprint density at radius 1 is 1.42 bits per heavy atom. The van der Waals surface area contributed by atoms with Gasteiger partial charge < -0.3 is 0 Å². The van der Waals surface area contributed by atoms with Crippen LogP contribution < -0.4 is 0 Å². The molecule has 60 valence electrons. The predicted molar refractivity (Wildman–Crippen MR) is 42.7 cm³/mol. The second kappa shape index (κ2) is 2.52. The van der Waals surface area contributed by atoms with Gasteiger partial charge in [0.1, 0.15) is 5.82 Å². The second-order valence-electron chi connectivity index (χ2n) is 2.67. The number of carbonyl (C=O) groups excluding carboxylic acids is 1. The zero-order chi connectivity index (χ0) is 8.55. The Morgan fingerprint density at radius 2 is 2.25 bits per heavy atom. The van der Waals surface area contributed by atoms with Crippen molar-refractivity contribution in [2.24, 2.45) is 4.99 Å². The highest BCUT2D eigenvalue weighted by molar-refractivity contribution is 5.98. The molecule has 1 heterocycles. The summed E-state index contributed by atoms with van der Waals surface area (Å²) in [6.07, 6.45) is 1.68. The molecule has 1 aromatic carbocycles. The van der Waals surface area contributed by atoms with Crippen molar-refractivity contribution >= 4 is 12.1 Å².